The minimum absolute atomic E-state index is 0.385. The number of aromatic nitrogens is 2. The number of rotatable bonds is 7. The molecule has 19 heavy (non-hydrogen) atoms. The molecule has 0 bridgehead atoms. The van der Waals surface area contributed by atoms with E-state index in [-0.39, 0.29) is 5.54 Å². The molecule has 0 aliphatic heterocycles. The van der Waals surface area contributed by atoms with E-state index >= 15 is 0 Å². The molecule has 1 rings (SSSR count). The average molecular weight is 262 g/mol. The molecular weight excluding hydrogens is 236 g/mol. The van der Waals surface area contributed by atoms with Crippen LogP contribution in [0.1, 0.15) is 50.1 Å². The summed E-state index contributed by atoms with van der Waals surface area (Å²) in [4.78, 5) is 0. The summed E-state index contributed by atoms with van der Waals surface area (Å²) in [5.74, 6) is 0. The highest BCUT2D eigenvalue weighted by molar-refractivity contribution is 5.24. The Morgan fingerprint density at radius 1 is 1.37 bits per heavy atom. The number of nitrogens with zero attached hydrogens (tertiary/aromatic N) is 3. The molecule has 4 nitrogen and oxygen atoms in total. The van der Waals surface area contributed by atoms with Crippen LogP contribution >= 0.6 is 0 Å². The minimum Gasteiger partial charge on any atom is -0.302 e. The van der Waals surface area contributed by atoms with Gasteiger partial charge in [0.15, 0.2) is 0 Å². The summed E-state index contributed by atoms with van der Waals surface area (Å²) in [6, 6.07) is 2.40. The van der Waals surface area contributed by atoms with Crippen molar-refractivity contribution in [2.75, 3.05) is 7.05 Å². The van der Waals surface area contributed by atoms with Crippen LogP contribution in [0.3, 0.4) is 0 Å². The molecule has 0 saturated heterocycles. The average Bonchev–Trinajstić information content (AvgIpc) is 2.70. The lowest BCUT2D eigenvalue weighted by Gasteiger charge is -2.24. The van der Waals surface area contributed by atoms with Gasteiger partial charge in [-0.3, -0.25) is 4.68 Å². The van der Waals surface area contributed by atoms with Crippen molar-refractivity contribution in [2.45, 2.75) is 65.5 Å². The number of aryl methyl sites for hydroxylation is 2. The molecule has 1 aromatic heterocycles. The lowest BCUT2D eigenvalue weighted by molar-refractivity contribution is 0.374. The maximum atomic E-state index is 9.28. The van der Waals surface area contributed by atoms with E-state index in [2.05, 4.69) is 48.9 Å². The van der Waals surface area contributed by atoms with Crippen molar-refractivity contribution < 1.29 is 0 Å². The largest absolute Gasteiger partial charge is 0.302 e. The van der Waals surface area contributed by atoms with Crippen molar-refractivity contribution >= 4 is 0 Å². The predicted molar refractivity (Wildman–Crippen MR) is 78.0 cm³/mol. The second kappa shape index (κ2) is 6.72. The molecule has 0 saturated carbocycles. The molecule has 1 N–H and O–H groups in total. The molecule has 0 fully saturated rings. The van der Waals surface area contributed by atoms with E-state index in [0.717, 1.165) is 37.9 Å². The van der Waals surface area contributed by atoms with Crippen molar-refractivity contribution in [3.63, 3.8) is 0 Å². The van der Waals surface area contributed by atoms with Gasteiger partial charge in [0.2, 0.25) is 0 Å². The summed E-state index contributed by atoms with van der Waals surface area (Å²) >= 11 is 0. The van der Waals surface area contributed by atoms with Crippen LogP contribution in [0.5, 0.6) is 0 Å². The molecule has 0 radical (unpaired) electrons. The quantitative estimate of drug-likeness (QED) is 0.822. The van der Waals surface area contributed by atoms with E-state index in [1.807, 2.05) is 7.05 Å². The molecule has 0 aliphatic rings. The maximum Gasteiger partial charge on any atom is 0.106 e. The zero-order chi connectivity index (χ0) is 14.5. The fourth-order valence-corrected chi connectivity index (χ4v) is 2.66. The first-order valence-electron chi connectivity index (χ1n) is 7.16. The van der Waals surface area contributed by atoms with E-state index in [1.165, 1.54) is 11.3 Å². The Labute approximate surface area is 116 Å². The van der Waals surface area contributed by atoms with Crippen LogP contribution < -0.4 is 5.32 Å². The third kappa shape index (κ3) is 3.36. The summed E-state index contributed by atoms with van der Waals surface area (Å²) in [6.07, 6.45) is 3.69. The molecule has 1 aromatic rings. The third-order valence-corrected chi connectivity index (χ3v) is 4.15. The second-order valence-corrected chi connectivity index (χ2v) is 5.13. The van der Waals surface area contributed by atoms with E-state index in [0.29, 0.717) is 0 Å². The normalized spacial score (nSPS) is 14.1. The van der Waals surface area contributed by atoms with Gasteiger partial charge in [-0.1, -0.05) is 13.8 Å². The summed E-state index contributed by atoms with van der Waals surface area (Å²) < 4.78 is 2.08. The van der Waals surface area contributed by atoms with Crippen molar-refractivity contribution in [3.05, 3.63) is 17.0 Å². The Kier molecular flexibility index (Phi) is 5.56. The van der Waals surface area contributed by atoms with Gasteiger partial charge in [-0.25, -0.2) is 0 Å². The van der Waals surface area contributed by atoms with E-state index in [4.69, 9.17) is 0 Å². The zero-order valence-corrected chi connectivity index (χ0v) is 12.9. The molecule has 1 atom stereocenters. The lowest BCUT2D eigenvalue weighted by Crippen LogP contribution is -2.40. The number of nitrogens with one attached hydrogen (secondary N) is 1. The van der Waals surface area contributed by atoms with Crippen LogP contribution in [-0.2, 0) is 13.0 Å². The second-order valence-electron chi connectivity index (χ2n) is 5.13. The Hall–Kier alpha value is -1.34. The van der Waals surface area contributed by atoms with Gasteiger partial charge in [0.25, 0.3) is 0 Å². The number of nitriles is 1. The van der Waals surface area contributed by atoms with Gasteiger partial charge in [-0.2, -0.15) is 10.4 Å². The predicted octanol–water partition coefficient (Wildman–Crippen LogP) is 2.73. The molecule has 1 unspecified atom stereocenters. The van der Waals surface area contributed by atoms with Gasteiger partial charge >= 0.3 is 0 Å². The monoisotopic (exact) mass is 262 g/mol. The molecule has 106 valence electrons. The van der Waals surface area contributed by atoms with Gasteiger partial charge in [-0.15, -0.1) is 0 Å². The van der Waals surface area contributed by atoms with Crippen LogP contribution in [0, 0.1) is 25.2 Å². The van der Waals surface area contributed by atoms with Gasteiger partial charge < -0.3 is 5.32 Å². The van der Waals surface area contributed by atoms with Crippen LogP contribution in [-0.4, -0.2) is 22.4 Å². The zero-order valence-electron chi connectivity index (χ0n) is 12.9. The molecule has 0 spiro atoms. The Morgan fingerprint density at radius 3 is 2.47 bits per heavy atom. The minimum atomic E-state index is -0.385. The van der Waals surface area contributed by atoms with E-state index in [1.54, 1.807) is 0 Å². The van der Waals surface area contributed by atoms with Crippen LogP contribution in [0.4, 0.5) is 0 Å². The van der Waals surface area contributed by atoms with Crippen LogP contribution in [0.2, 0.25) is 0 Å². The summed E-state index contributed by atoms with van der Waals surface area (Å²) in [7, 11) is 1.87. The molecular formula is C15H26N4. The van der Waals surface area contributed by atoms with Gasteiger partial charge in [-0.05, 0) is 52.1 Å². The Morgan fingerprint density at radius 2 is 2.05 bits per heavy atom. The van der Waals surface area contributed by atoms with Gasteiger partial charge in [0.1, 0.15) is 5.54 Å². The van der Waals surface area contributed by atoms with Crippen LogP contribution in [0.15, 0.2) is 0 Å². The maximum absolute atomic E-state index is 9.28. The summed E-state index contributed by atoms with van der Waals surface area (Å²) in [5, 5.41) is 17.0. The Bertz CT molecular complexity index is 449. The molecule has 0 aliphatic carbocycles. The first-order chi connectivity index (χ1) is 9.03. The van der Waals surface area contributed by atoms with Gasteiger partial charge in [0.05, 0.1) is 11.8 Å². The smallest absolute Gasteiger partial charge is 0.106 e. The molecule has 1 heterocycles. The highest BCUT2D eigenvalue weighted by atomic mass is 15.3. The third-order valence-electron chi connectivity index (χ3n) is 4.15. The number of hydrogen-bond acceptors (Lipinski definition) is 3. The van der Waals surface area contributed by atoms with E-state index < -0.39 is 0 Å². The van der Waals surface area contributed by atoms with Crippen molar-refractivity contribution in [3.8, 4) is 6.07 Å². The highest BCUT2D eigenvalue weighted by Crippen LogP contribution is 2.18. The molecule has 4 heteroatoms. The lowest BCUT2D eigenvalue weighted by atomic mass is 9.92. The molecule has 0 amide bonds. The van der Waals surface area contributed by atoms with Crippen molar-refractivity contribution in [1.29, 1.82) is 5.26 Å². The SMILES string of the molecule is CCc1c(C)nn(CCCC(C#N)(CC)NC)c1C. The summed E-state index contributed by atoms with van der Waals surface area (Å²) in [6.45, 7) is 9.31. The van der Waals surface area contributed by atoms with Crippen LogP contribution in [0.25, 0.3) is 0 Å². The van der Waals surface area contributed by atoms with Crippen molar-refractivity contribution in [1.82, 2.24) is 15.1 Å². The highest BCUT2D eigenvalue weighted by Gasteiger charge is 2.24. The number of hydrogen-bond donors (Lipinski definition) is 1. The van der Waals surface area contributed by atoms with Crippen molar-refractivity contribution in [2.24, 2.45) is 0 Å². The standard InChI is InChI=1S/C15H26N4/c1-6-14-12(3)18-19(13(14)4)10-8-9-15(7-2,11-16)17-5/h17H,6-10H2,1-5H3. The first kappa shape index (κ1) is 15.7. The first-order valence-corrected chi connectivity index (χ1v) is 7.16. The fraction of sp³-hybridized carbons (Fsp3) is 0.733. The fourth-order valence-electron chi connectivity index (χ4n) is 2.66. The Balaban J connectivity index is 2.66. The van der Waals surface area contributed by atoms with E-state index in [9.17, 15) is 5.26 Å². The van der Waals surface area contributed by atoms with Gasteiger partial charge in [0, 0.05) is 12.2 Å². The summed E-state index contributed by atoms with van der Waals surface area (Å²) in [5.41, 5.74) is 3.37. The molecule has 0 aromatic carbocycles. The topological polar surface area (TPSA) is 53.6 Å².